The standard InChI is InChI=1S/C15H30O4/c1-3-4-5-6-7-8-9-10-11-18-12-13-19-14-15(16)17-2/h3-14H2,1-2H3. The van der Waals surface area contributed by atoms with Gasteiger partial charge in [-0.25, -0.2) is 4.79 Å². The maximum atomic E-state index is 10.7. The van der Waals surface area contributed by atoms with Crippen molar-refractivity contribution in [2.75, 3.05) is 33.5 Å². The second-order valence-electron chi connectivity index (χ2n) is 4.72. The molecular formula is C15H30O4. The van der Waals surface area contributed by atoms with Gasteiger partial charge in [0.05, 0.1) is 20.3 Å². The van der Waals surface area contributed by atoms with E-state index in [-0.39, 0.29) is 12.6 Å². The molecule has 4 nitrogen and oxygen atoms in total. The van der Waals surface area contributed by atoms with E-state index in [0.717, 1.165) is 13.0 Å². The summed E-state index contributed by atoms with van der Waals surface area (Å²) >= 11 is 0. The second kappa shape index (κ2) is 15.4. The van der Waals surface area contributed by atoms with E-state index in [9.17, 15) is 4.79 Å². The van der Waals surface area contributed by atoms with Crippen LogP contribution < -0.4 is 0 Å². The molecule has 114 valence electrons. The third kappa shape index (κ3) is 15.3. The van der Waals surface area contributed by atoms with Crippen LogP contribution in [0.25, 0.3) is 0 Å². The second-order valence-corrected chi connectivity index (χ2v) is 4.72. The van der Waals surface area contributed by atoms with Crippen LogP contribution >= 0.6 is 0 Å². The lowest BCUT2D eigenvalue weighted by Crippen LogP contribution is -2.13. The quantitative estimate of drug-likeness (QED) is 0.360. The first-order chi connectivity index (χ1) is 9.31. The molecule has 0 aliphatic carbocycles. The lowest BCUT2D eigenvalue weighted by Gasteiger charge is -2.05. The number of esters is 1. The van der Waals surface area contributed by atoms with Crippen LogP contribution in [0.15, 0.2) is 0 Å². The number of ether oxygens (including phenoxy) is 3. The summed E-state index contributed by atoms with van der Waals surface area (Å²) in [6, 6.07) is 0. The zero-order chi connectivity index (χ0) is 14.2. The fraction of sp³-hybridized carbons (Fsp3) is 0.933. The summed E-state index contributed by atoms with van der Waals surface area (Å²) in [6.07, 6.45) is 10.5. The van der Waals surface area contributed by atoms with Gasteiger partial charge >= 0.3 is 5.97 Å². The van der Waals surface area contributed by atoms with Crippen molar-refractivity contribution in [3.63, 3.8) is 0 Å². The molecule has 0 atom stereocenters. The molecule has 0 saturated carbocycles. The molecular weight excluding hydrogens is 244 g/mol. The number of rotatable bonds is 14. The van der Waals surface area contributed by atoms with Gasteiger partial charge in [-0.05, 0) is 6.42 Å². The number of methoxy groups -OCH3 is 1. The van der Waals surface area contributed by atoms with Crippen molar-refractivity contribution < 1.29 is 19.0 Å². The molecule has 0 aliphatic heterocycles. The van der Waals surface area contributed by atoms with Gasteiger partial charge in [0, 0.05) is 6.61 Å². The topological polar surface area (TPSA) is 44.8 Å². The molecule has 0 unspecified atom stereocenters. The Morgan fingerprint density at radius 1 is 0.789 bits per heavy atom. The molecule has 0 aromatic heterocycles. The maximum absolute atomic E-state index is 10.7. The van der Waals surface area contributed by atoms with Crippen LogP contribution in [-0.4, -0.2) is 39.5 Å². The van der Waals surface area contributed by atoms with Crippen molar-refractivity contribution >= 4 is 5.97 Å². The van der Waals surface area contributed by atoms with E-state index < -0.39 is 0 Å². The van der Waals surface area contributed by atoms with E-state index in [0.29, 0.717) is 13.2 Å². The first-order valence-corrected chi connectivity index (χ1v) is 7.53. The average molecular weight is 274 g/mol. The van der Waals surface area contributed by atoms with Crippen LogP contribution in [0.5, 0.6) is 0 Å². The fourth-order valence-corrected chi connectivity index (χ4v) is 1.77. The Balaban J connectivity index is 2.97. The van der Waals surface area contributed by atoms with Crippen LogP contribution in [0.4, 0.5) is 0 Å². The molecule has 0 heterocycles. The maximum Gasteiger partial charge on any atom is 0.331 e. The lowest BCUT2D eigenvalue weighted by atomic mass is 10.1. The summed E-state index contributed by atoms with van der Waals surface area (Å²) < 4.78 is 14.9. The van der Waals surface area contributed by atoms with Gasteiger partial charge < -0.3 is 14.2 Å². The number of carbonyl (C=O) groups is 1. The summed E-state index contributed by atoms with van der Waals surface area (Å²) in [5.74, 6) is -0.344. The van der Waals surface area contributed by atoms with Crippen molar-refractivity contribution in [1.82, 2.24) is 0 Å². The largest absolute Gasteiger partial charge is 0.467 e. The lowest BCUT2D eigenvalue weighted by molar-refractivity contribution is -0.146. The monoisotopic (exact) mass is 274 g/mol. The Hall–Kier alpha value is -0.610. The van der Waals surface area contributed by atoms with Crippen molar-refractivity contribution in [3.05, 3.63) is 0 Å². The Morgan fingerprint density at radius 3 is 2.00 bits per heavy atom. The van der Waals surface area contributed by atoms with Crippen LogP contribution in [0.2, 0.25) is 0 Å². The van der Waals surface area contributed by atoms with Crippen molar-refractivity contribution in [3.8, 4) is 0 Å². The Morgan fingerprint density at radius 2 is 1.37 bits per heavy atom. The molecule has 0 rings (SSSR count). The molecule has 4 heteroatoms. The third-order valence-corrected chi connectivity index (χ3v) is 2.96. The highest BCUT2D eigenvalue weighted by Crippen LogP contribution is 2.08. The average Bonchev–Trinajstić information content (AvgIpc) is 2.43. The highest BCUT2D eigenvalue weighted by molar-refractivity contribution is 5.70. The Kier molecular flexibility index (Phi) is 15.0. The summed E-state index contributed by atoms with van der Waals surface area (Å²) in [4.78, 5) is 10.7. The minimum atomic E-state index is -0.344. The predicted molar refractivity (Wildman–Crippen MR) is 76.3 cm³/mol. The van der Waals surface area contributed by atoms with Gasteiger partial charge in [-0.2, -0.15) is 0 Å². The van der Waals surface area contributed by atoms with Crippen LogP contribution in [-0.2, 0) is 19.0 Å². The molecule has 0 N–H and O–H groups in total. The molecule has 0 radical (unpaired) electrons. The minimum absolute atomic E-state index is 0.0115. The van der Waals surface area contributed by atoms with Gasteiger partial charge in [-0.15, -0.1) is 0 Å². The van der Waals surface area contributed by atoms with Gasteiger partial charge in [0.1, 0.15) is 6.61 Å². The molecule has 19 heavy (non-hydrogen) atoms. The zero-order valence-electron chi connectivity index (χ0n) is 12.6. The summed E-state index contributed by atoms with van der Waals surface area (Å²) in [7, 11) is 1.35. The van der Waals surface area contributed by atoms with Gasteiger partial charge in [0.15, 0.2) is 0 Å². The number of hydrogen-bond donors (Lipinski definition) is 0. The third-order valence-electron chi connectivity index (χ3n) is 2.96. The molecule has 0 aromatic carbocycles. The Bertz CT molecular complexity index is 195. The molecule has 0 aliphatic rings. The van der Waals surface area contributed by atoms with Crippen LogP contribution in [0, 0.1) is 0 Å². The molecule has 0 saturated heterocycles. The van der Waals surface area contributed by atoms with Crippen molar-refractivity contribution in [2.45, 2.75) is 58.3 Å². The SMILES string of the molecule is CCCCCCCCCCOCCOCC(=O)OC. The van der Waals surface area contributed by atoms with E-state index in [1.165, 1.54) is 52.1 Å². The molecule has 0 fully saturated rings. The Labute approximate surface area is 117 Å². The smallest absolute Gasteiger partial charge is 0.331 e. The zero-order valence-corrected chi connectivity index (χ0v) is 12.6. The van der Waals surface area contributed by atoms with Gasteiger partial charge in [0.25, 0.3) is 0 Å². The van der Waals surface area contributed by atoms with Gasteiger partial charge in [-0.3, -0.25) is 0 Å². The molecule has 0 spiro atoms. The van der Waals surface area contributed by atoms with E-state index in [1.54, 1.807) is 0 Å². The van der Waals surface area contributed by atoms with Crippen molar-refractivity contribution in [1.29, 1.82) is 0 Å². The van der Waals surface area contributed by atoms with Crippen LogP contribution in [0.3, 0.4) is 0 Å². The predicted octanol–water partition coefficient (Wildman–Crippen LogP) is 3.33. The number of hydrogen-bond acceptors (Lipinski definition) is 4. The molecule has 0 bridgehead atoms. The fourth-order valence-electron chi connectivity index (χ4n) is 1.77. The van der Waals surface area contributed by atoms with E-state index in [2.05, 4.69) is 11.7 Å². The first-order valence-electron chi connectivity index (χ1n) is 7.53. The van der Waals surface area contributed by atoms with Crippen molar-refractivity contribution in [2.24, 2.45) is 0 Å². The van der Waals surface area contributed by atoms with E-state index >= 15 is 0 Å². The minimum Gasteiger partial charge on any atom is -0.467 e. The summed E-state index contributed by atoms with van der Waals surface area (Å²) in [6.45, 7) is 4.04. The summed E-state index contributed by atoms with van der Waals surface area (Å²) in [5, 5.41) is 0. The normalized spacial score (nSPS) is 10.6. The number of unbranched alkanes of at least 4 members (excludes halogenated alkanes) is 7. The highest BCUT2D eigenvalue weighted by atomic mass is 16.6. The number of carbonyl (C=O) groups excluding carboxylic acids is 1. The van der Waals surface area contributed by atoms with E-state index in [4.69, 9.17) is 9.47 Å². The van der Waals surface area contributed by atoms with Crippen LogP contribution in [0.1, 0.15) is 58.3 Å². The first kappa shape index (κ1) is 18.4. The highest BCUT2D eigenvalue weighted by Gasteiger charge is 1.98. The summed E-state index contributed by atoms with van der Waals surface area (Å²) in [5.41, 5.74) is 0. The van der Waals surface area contributed by atoms with Gasteiger partial charge in [0.2, 0.25) is 0 Å². The van der Waals surface area contributed by atoms with E-state index in [1.807, 2.05) is 0 Å². The van der Waals surface area contributed by atoms with Gasteiger partial charge in [-0.1, -0.05) is 51.9 Å². The molecule has 0 aromatic rings. The molecule has 0 amide bonds.